The first-order valence-corrected chi connectivity index (χ1v) is 6.19. The molecule has 2 aromatic rings. The van der Waals surface area contributed by atoms with Crippen molar-refractivity contribution >= 4 is 23.7 Å². The maximum atomic E-state index is 10.8. The van der Waals surface area contributed by atoms with Crippen LogP contribution >= 0.6 is 11.6 Å². The number of carbonyl (C=O) groups is 1. The Hall–Kier alpha value is -2.07. The highest BCUT2D eigenvalue weighted by Gasteiger charge is 2.03. The Morgan fingerprint density at radius 3 is 2.89 bits per heavy atom. The number of nitrogens with one attached hydrogen (secondary N) is 1. The van der Waals surface area contributed by atoms with Crippen molar-refractivity contribution < 1.29 is 4.79 Å². The fourth-order valence-electron chi connectivity index (χ4n) is 1.66. The van der Waals surface area contributed by atoms with E-state index in [1.165, 1.54) is 6.92 Å². The van der Waals surface area contributed by atoms with Crippen LogP contribution in [0.2, 0.25) is 5.02 Å². The smallest absolute Gasteiger partial charge is 0.236 e. The number of hydrogen-bond donors (Lipinski definition) is 1. The summed E-state index contributed by atoms with van der Waals surface area (Å²) in [7, 11) is 0. The molecule has 2 rings (SSSR count). The molecule has 4 nitrogen and oxygen atoms in total. The fourth-order valence-corrected chi connectivity index (χ4v) is 1.83. The summed E-state index contributed by atoms with van der Waals surface area (Å²) in [4.78, 5) is 10.8. The molecule has 1 heterocycles. The van der Waals surface area contributed by atoms with Crippen molar-refractivity contribution in [1.82, 2.24) is 9.99 Å². The Morgan fingerprint density at radius 1 is 1.42 bits per heavy atom. The Kier molecular flexibility index (Phi) is 4.02. The number of halogens is 1. The molecule has 0 radical (unpaired) electrons. The van der Waals surface area contributed by atoms with Crippen LogP contribution in [0.15, 0.2) is 41.6 Å². The zero-order valence-corrected chi connectivity index (χ0v) is 11.5. The Bertz CT molecular complexity index is 631. The highest BCUT2D eigenvalue weighted by molar-refractivity contribution is 6.31. The van der Waals surface area contributed by atoms with Gasteiger partial charge in [-0.2, -0.15) is 5.10 Å². The van der Waals surface area contributed by atoms with E-state index in [0.29, 0.717) is 0 Å². The zero-order valence-electron chi connectivity index (χ0n) is 10.7. The van der Waals surface area contributed by atoms with Gasteiger partial charge >= 0.3 is 0 Å². The minimum atomic E-state index is -0.201. The second kappa shape index (κ2) is 5.71. The molecule has 98 valence electrons. The van der Waals surface area contributed by atoms with Gasteiger partial charge in [0.25, 0.3) is 0 Å². The molecule has 0 saturated carbocycles. The van der Waals surface area contributed by atoms with E-state index in [9.17, 15) is 4.79 Å². The summed E-state index contributed by atoms with van der Waals surface area (Å²) in [5.41, 5.74) is 5.21. The van der Waals surface area contributed by atoms with E-state index >= 15 is 0 Å². The summed E-state index contributed by atoms with van der Waals surface area (Å²) >= 11 is 6.13. The van der Waals surface area contributed by atoms with E-state index in [-0.39, 0.29) is 5.91 Å². The molecule has 1 amide bonds. The SMILES string of the molecule is CC(=O)N/N=C/c1cccn1-c1ccc(C)c(Cl)c1. The molecule has 1 N–H and O–H groups in total. The van der Waals surface area contributed by atoms with Crippen LogP contribution in [0.4, 0.5) is 0 Å². The number of hydrogen-bond acceptors (Lipinski definition) is 2. The summed E-state index contributed by atoms with van der Waals surface area (Å²) in [6, 6.07) is 9.65. The van der Waals surface area contributed by atoms with Crippen LogP contribution in [0.3, 0.4) is 0 Å². The monoisotopic (exact) mass is 275 g/mol. The maximum Gasteiger partial charge on any atom is 0.236 e. The number of nitrogens with zero attached hydrogens (tertiary/aromatic N) is 2. The van der Waals surface area contributed by atoms with Gasteiger partial charge in [0.15, 0.2) is 0 Å². The quantitative estimate of drug-likeness (QED) is 0.679. The second-order valence-electron chi connectivity index (χ2n) is 4.16. The molecule has 0 bridgehead atoms. The molecule has 5 heteroatoms. The van der Waals surface area contributed by atoms with Gasteiger partial charge in [-0.15, -0.1) is 0 Å². The number of rotatable bonds is 3. The summed E-state index contributed by atoms with van der Waals surface area (Å²) in [6.07, 6.45) is 3.51. The predicted octanol–water partition coefficient (Wildman–Crippen LogP) is 2.91. The predicted molar refractivity (Wildman–Crippen MR) is 76.9 cm³/mol. The summed E-state index contributed by atoms with van der Waals surface area (Å²) in [6.45, 7) is 3.37. The molecular formula is C14H14ClN3O. The molecular weight excluding hydrogens is 262 g/mol. The van der Waals surface area contributed by atoms with E-state index in [2.05, 4.69) is 10.5 Å². The van der Waals surface area contributed by atoms with Gasteiger partial charge < -0.3 is 4.57 Å². The Labute approximate surface area is 116 Å². The van der Waals surface area contributed by atoms with Crippen molar-refractivity contribution in [3.8, 4) is 5.69 Å². The molecule has 1 aromatic carbocycles. The number of hydrazone groups is 1. The average Bonchev–Trinajstić information content (AvgIpc) is 2.80. The van der Waals surface area contributed by atoms with Crippen molar-refractivity contribution in [1.29, 1.82) is 0 Å². The molecule has 0 aliphatic rings. The van der Waals surface area contributed by atoms with Crippen LogP contribution in [0.1, 0.15) is 18.2 Å². The van der Waals surface area contributed by atoms with Crippen molar-refractivity contribution in [2.75, 3.05) is 0 Å². The third-order valence-corrected chi connectivity index (χ3v) is 3.04. The molecule has 0 atom stereocenters. The van der Waals surface area contributed by atoms with Crippen molar-refractivity contribution in [3.63, 3.8) is 0 Å². The highest BCUT2D eigenvalue weighted by Crippen LogP contribution is 2.20. The van der Waals surface area contributed by atoms with E-state index in [1.807, 2.05) is 48.0 Å². The minimum Gasteiger partial charge on any atom is -0.316 e. The van der Waals surface area contributed by atoms with E-state index < -0.39 is 0 Å². The van der Waals surface area contributed by atoms with Crippen LogP contribution in [0.5, 0.6) is 0 Å². The van der Waals surface area contributed by atoms with Gasteiger partial charge in [0.1, 0.15) is 0 Å². The van der Waals surface area contributed by atoms with Gasteiger partial charge in [0, 0.05) is 23.8 Å². The summed E-state index contributed by atoms with van der Waals surface area (Å²) < 4.78 is 1.94. The zero-order chi connectivity index (χ0) is 13.8. The van der Waals surface area contributed by atoms with Crippen molar-refractivity contribution in [2.45, 2.75) is 13.8 Å². The second-order valence-corrected chi connectivity index (χ2v) is 4.57. The third-order valence-electron chi connectivity index (χ3n) is 2.63. The number of aromatic nitrogens is 1. The first kappa shape index (κ1) is 13.4. The number of aryl methyl sites for hydroxylation is 1. The standard InChI is InChI=1S/C14H14ClN3O/c1-10-5-6-12(8-14(10)15)18-7-3-4-13(18)9-16-17-11(2)19/h3-9H,1-2H3,(H,17,19)/b16-9+. The largest absolute Gasteiger partial charge is 0.316 e. The van der Waals surface area contributed by atoms with Gasteiger partial charge in [-0.25, -0.2) is 5.43 Å². The molecule has 0 saturated heterocycles. The number of carbonyl (C=O) groups excluding carboxylic acids is 1. The van der Waals surface area contributed by atoms with Crippen LogP contribution < -0.4 is 5.43 Å². The normalized spacial score (nSPS) is 10.9. The highest BCUT2D eigenvalue weighted by atomic mass is 35.5. The van der Waals surface area contributed by atoms with Crippen LogP contribution in [-0.2, 0) is 4.79 Å². The topological polar surface area (TPSA) is 46.4 Å². The fraction of sp³-hybridized carbons (Fsp3) is 0.143. The van der Waals surface area contributed by atoms with E-state index in [4.69, 9.17) is 11.6 Å². The molecule has 0 aliphatic carbocycles. The van der Waals surface area contributed by atoms with Gasteiger partial charge in [-0.3, -0.25) is 4.79 Å². The third kappa shape index (κ3) is 3.23. The van der Waals surface area contributed by atoms with Crippen LogP contribution in [-0.4, -0.2) is 16.7 Å². The average molecular weight is 276 g/mol. The molecule has 0 unspecified atom stereocenters. The number of amides is 1. The molecule has 19 heavy (non-hydrogen) atoms. The molecule has 1 aromatic heterocycles. The summed E-state index contributed by atoms with van der Waals surface area (Å²) in [5.74, 6) is -0.201. The van der Waals surface area contributed by atoms with Gasteiger partial charge in [0.2, 0.25) is 5.91 Å². The lowest BCUT2D eigenvalue weighted by molar-refractivity contribution is -0.118. The van der Waals surface area contributed by atoms with Gasteiger partial charge in [-0.1, -0.05) is 17.7 Å². The molecule has 0 aliphatic heterocycles. The lowest BCUT2D eigenvalue weighted by Gasteiger charge is -2.08. The lowest BCUT2D eigenvalue weighted by Crippen LogP contribution is -2.12. The van der Waals surface area contributed by atoms with Crippen LogP contribution in [0, 0.1) is 6.92 Å². The first-order valence-electron chi connectivity index (χ1n) is 5.81. The maximum absolute atomic E-state index is 10.8. The van der Waals surface area contributed by atoms with E-state index in [1.54, 1.807) is 6.21 Å². The molecule has 0 spiro atoms. The number of benzene rings is 1. The van der Waals surface area contributed by atoms with Gasteiger partial charge in [0.05, 0.1) is 11.9 Å². The Morgan fingerprint density at radius 2 is 2.21 bits per heavy atom. The lowest BCUT2D eigenvalue weighted by atomic mass is 10.2. The van der Waals surface area contributed by atoms with E-state index in [0.717, 1.165) is 22.0 Å². The minimum absolute atomic E-state index is 0.201. The van der Waals surface area contributed by atoms with Crippen molar-refractivity contribution in [2.24, 2.45) is 5.10 Å². The molecule has 0 fully saturated rings. The van der Waals surface area contributed by atoms with Crippen LogP contribution in [0.25, 0.3) is 5.69 Å². The van der Waals surface area contributed by atoms with Gasteiger partial charge in [-0.05, 0) is 36.8 Å². The summed E-state index contributed by atoms with van der Waals surface area (Å²) in [5, 5.41) is 4.58. The first-order chi connectivity index (χ1) is 9.08. The Balaban J connectivity index is 2.30. The van der Waals surface area contributed by atoms with Crippen molar-refractivity contribution in [3.05, 3.63) is 52.8 Å².